The molecule has 1 rings (SSSR count). The van der Waals surface area contributed by atoms with Gasteiger partial charge in [-0.3, -0.25) is 4.90 Å². The average Bonchev–Trinajstić information content (AvgIpc) is 2.13. The number of rotatable bonds is 2. The number of nitrogens with one attached hydrogen (secondary N) is 1. The van der Waals surface area contributed by atoms with Crippen LogP contribution in [0.15, 0.2) is 12.2 Å². The first kappa shape index (κ1) is 13.7. The van der Waals surface area contributed by atoms with E-state index in [0.29, 0.717) is 11.5 Å². The second-order valence-electron chi connectivity index (χ2n) is 6.59. The van der Waals surface area contributed by atoms with Crippen molar-refractivity contribution >= 4 is 0 Å². The molecule has 16 heavy (non-hydrogen) atoms. The Morgan fingerprint density at radius 2 is 2.00 bits per heavy atom. The van der Waals surface area contributed by atoms with Crippen molar-refractivity contribution < 1.29 is 0 Å². The predicted octanol–water partition coefficient (Wildman–Crippen LogP) is 2.66. The lowest BCUT2D eigenvalue weighted by atomic mass is 9.83. The maximum Gasteiger partial charge on any atom is 0.0281 e. The Balaban J connectivity index is 2.70. The van der Waals surface area contributed by atoms with Crippen molar-refractivity contribution in [2.24, 2.45) is 5.41 Å². The van der Waals surface area contributed by atoms with Gasteiger partial charge in [0.2, 0.25) is 0 Å². The van der Waals surface area contributed by atoms with E-state index < -0.39 is 0 Å². The van der Waals surface area contributed by atoms with E-state index in [-0.39, 0.29) is 5.54 Å². The van der Waals surface area contributed by atoms with Crippen molar-refractivity contribution in [3.63, 3.8) is 0 Å². The first-order valence-corrected chi connectivity index (χ1v) is 6.37. The van der Waals surface area contributed by atoms with E-state index in [1.54, 1.807) is 0 Å². The van der Waals surface area contributed by atoms with Crippen molar-refractivity contribution in [2.75, 3.05) is 19.6 Å². The molecule has 1 fully saturated rings. The van der Waals surface area contributed by atoms with Gasteiger partial charge < -0.3 is 5.32 Å². The number of allylic oxidation sites excluding steroid dienone is 1. The van der Waals surface area contributed by atoms with E-state index in [9.17, 15) is 0 Å². The molecule has 1 aliphatic rings. The summed E-state index contributed by atoms with van der Waals surface area (Å²) in [4.78, 5) is 2.58. The average molecular weight is 224 g/mol. The van der Waals surface area contributed by atoms with E-state index in [0.717, 1.165) is 19.6 Å². The zero-order chi connectivity index (χ0) is 12.4. The van der Waals surface area contributed by atoms with Gasteiger partial charge in [-0.05, 0) is 26.2 Å². The van der Waals surface area contributed by atoms with Gasteiger partial charge >= 0.3 is 0 Å². The second kappa shape index (κ2) is 4.89. The third-order valence-corrected chi connectivity index (χ3v) is 3.65. The van der Waals surface area contributed by atoms with Crippen LogP contribution in [0.4, 0.5) is 0 Å². The van der Waals surface area contributed by atoms with E-state index in [1.165, 1.54) is 0 Å². The van der Waals surface area contributed by atoms with Gasteiger partial charge in [0.05, 0.1) is 0 Å². The highest BCUT2D eigenvalue weighted by atomic mass is 15.3. The minimum atomic E-state index is 0.265. The van der Waals surface area contributed by atoms with Crippen molar-refractivity contribution in [1.82, 2.24) is 10.2 Å². The molecule has 0 saturated carbocycles. The van der Waals surface area contributed by atoms with Crippen LogP contribution in [0.25, 0.3) is 0 Å². The lowest BCUT2D eigenvalue weighted by molar-refractivity contribution is 0.0458. The normalized spacial score (nSPS) is 27.5. The van der Waals surface area contributed by atoms with Gasteiger partial charge in [-0.15, -0.1) is 0 Å². The molecule has 1 N–H and O–H groups in total. The van der Waals surface area contributed by atoms with Gasteiger partial charge in [-0.25, -0.2) is 0 Å². The molecule has 1 unspecified atom stereocenters. The van der Waals surface area contributed by atoms with Crippen LogP contribution >= 0.6 is 0 Å². The molecule has 1 aliphatic heterocycles. The maximum absolute atomic E-state index is 3.69. The van der Waals surface area contributed by atoms with Crippen LogP contribution in [0.3, 0.4) is 0 Å². The maximum atomic E-state index is 3.69. The monoisotopic (exact) mass is 224 g/mol. The minimum absolute atomic E-state index is 0.265. The molecule has 1 atom stereocenters. The Hall–Kier alpha value is -0.340. The lowest BCUT2D eigenvalue weighted by Crippen LogP contribution is -2.64. The van der Waals surface area contributed by atoms with Crippen molar-refractivity contribution in [2.45, 2.75) is 53.1 Å². The predicted molar refractivity (Wildman–Crippen MR) is 71.7 cm³/mol. The van der Waals surface area contributed by atoms with Crippen LogP contribution in [0.1, 0.15) is 41.5 Å². The number of hydrogen-bond acceptors (Lipinski definition) is 2. The van der Waals surface area contributed by atoms with Crippen molar-refractivity contribution in [3.8, 4) is 0 Å². The summed E-state index contributed by atoms with van der Waals surface area (Å²) in [5.74, 6) is 0. The molecule has 0 amide bonds. The Morgan fingerprint density at radius 3 is 2.50 bits per heavy atom. The third kappa shape index (κ3) is 3.33. The molecule has 1 saturated heterocycles. The smallest absolute Gasteiger partial charge is 0.0281 e. The van der Waals surface area contributed by atoms with Crippen molar-refractivity contribution in [3.05, 3.63) is 12.2 Å². The second-order valence-corrected chi connectivity index (χ2v) is 6.59. The molecule has 0 aliphatic carbocycles. The van der Waals surface area contributed by atoms with Crippen molar-refractivity contribution in [1.29, 1.82) is 0 Å². The summed E-state index contributed by atoms with van der Waals surface area (Å²) < 4.78 is 0. The fourth-order valence-electron chi connectivity index (χ4n) is 2.15. The molecule has 2 nitrogen and oxygen atoms in total. The van der Waals surface area contributed by atoms with Gasteiger partial charge in [0.15, 0.2) is 0 Å². The van der Waals surface area contributed by atoms with Crippen LogP contribution < -0.4 is 5.32 Å². The quantitative estimate of drug-likeness (QED) is 0.726. The summed E-state index contributed by atoms with van der Waals surface area (Å²) in [5, 5.41) is 3.69. The van der Waals surface area contributed by atoms with Gasteiger partial charge in [0.1, 0.15) is 0 Å². The lowest BCUT2D eigenvalue weighted by Gasteiger charge is -2.49. The number of piperazine rings is 1. The van der Waals surface area contributed by atoms with Gasteiger partial charge in [-0.2, -0.15) is 0 Å². The van der Waals surface area contributed by atoms with E-state index in [2.05, 4.69) is 63.9 Å². The molecule has 0 spiro atoms. The minimum Gasteiger partial charge on any atom is -0.310 e. The summed E-state index contributed by atoms with van der Waals surface area (Å²) in [6.07, 6.45) is 4.40. The molecule has 94 valence electrons. The summed E-state index contributed by atoms with van der Waals surface area (Å²) >= 11 is 0. The number of nitrogens with zero attached hydrogens (tertiary/aromatic N) is 1. The molecular weight excluding hydrogens is 196 g/mol. The van der Waals surface area contributed by atoms with Crippen LogP contribution in [0, 0.1) is 5.41 Å². The molecule has 0 aromatic carbocycles. The zero-order valence-electron chi connectivity index (χ0n) is 11.8. The van der Waals surface area contributed by atoms with E-state index in [4.69, 9.17) is 0 Å². The summed E-state index contributed by atoms with van der Waals surface area (Å²) in [7, 11) is 0. The fourth-order valence-corrected chi connectivity index (χ4v) is 2.15. The summed E-state index contributed by atoms with van der Waals surface area (Å²) in [5.41, 5.74) is 0.603. The topological polar surface area (TPSA) is 15.3 Å². The Labute approximate surface area is 101 Å². The largest absolute Gasteiger partial charge is 0.310 e. The van der Waals surface area contributed by atoms with Crippen LogP contribution in [-0.4, -0.2) is 36.1 Å². The highest BCUT2D eigenvalue weighted by Crippen LogP contribution is 2.27. The summed E-state index contributed by atoms with van der Waals surface area (Å²) in [6, 6.07) is 0.589. The van der Waals surface area contributed by atoms with Gasteiger partial charge in [0.25, 0.3) is 0 Å². The third-order valence-electron chi connectivity index (χ3n) is 3.65. The Bertz CT molecular complexity index is 248. The standard InChI is InChI=1S/C14H28N2/c1-7-8-9-16-10-12(13(2,3)4)15-11-14(16,5)6/h7-8,12,15H,9-11H2,1-6H3/b8-7+. The van der Waals surface area contributed by atoms with Crippen LogP contribution in [0.5, 0.6) is 0 Å². The highest BCUT2D eigenvalue weighted by molar-refractivity contribution is 4.99. The molecule has 0 aromatic heterocycles. The Kier molecular flexibility index (Phi) is 4.19. The molecule has 1 heterocycles. The SMILES string of the molecule is C/C=C/CN1CC(C(C)(C)C)NCC1(C)C. The molecule has 2 heteroatoms. The van der Waals surface area contributed by atoms with E-state index in [1.807, 2.05) is 0 Å². The number of hydrogen-bond donors (Lipinski definition) is 1. The summed E-state index contributed by atoms with van der Waals surface area (Å²) in [6.45, 7) is 17.0. The zero-order valence-corrected chi connectivity index (χ0v) is 11.8. The van der Waals surface area contributed by atoms with Crippen LogP contribution in [0.2, 0.25) is 0 Å². The molecule has 0 bridgehead atoms. The van der Waals surface area contributed by atoms with E-state index >= 15 is 0 Å². The fraction of sp³-hybridized carbons (Fsp3) is 0.857. The van der Waals surface area contributed by atoms with Crippen LogP contribution in [-0.2, 0) is 0 Å². The molecular formula is C14H28N2. The molecule has 0 radical (unpaired) electrons. The molecule has 0 aromatic rings. The highest BCUT2D eigenvalue weighted by Gasteiger charge is 2.37. The first-order valence-electron chi connectivity index (χ1n) is 6.37. The first-order chi connectivity index (χ1) is 7.27. The van der Waals surface area contributed by atoms with Gasteiger partial charge in [-0.1, -0.05) is 32.9 Å². The Morgan fingerprint density at radius 1 is 1.38 bits per heavy atom. The van der Waals surface area contributed by atoms with Gasteiger partial charge in [0, 0.05) is 31.2 Å².